The summed E-state index contributed by atoms with van der Waals surface area (Å²) < 4.78 is 20.3. The Bertz CT molecular complexity index is 1390. The molecule has 3 aromatic rings. The highest BCUT2D eigenvalue weighted by Crippen LogP contribution is 2.38. The molecule has 1 saturated heterocycles. The molecule has 1 fully saturated rings. The standard InChI is InChI=1S/C29H35ClFN7O3/c1-5-28(39)36-22-14-23(25(40-4)15-24(22)37(3)11-9-18(2)32)35-26-16-27(34-17-33-26)38-20(10-12-41-38)13-19-7-6-8-21(30)29(19)31/h5-8,14-18,20H,1,9-13,32H2,2-4H3,(H,36,39)(H,33,34,35)/t18?,20-/m1/s1. The molecular formula is C29H35ClFN7O3. The van der Waals surface area contributed by atoms with E-state index < -0.39 is 5.82 Å². The average Bonchev–Trinajstić information content (AvgIpc) is 3.42. The second kappa shape index (κ2) is 13.6. The first-order valence-electron chi connectivity index (χ1n) is 13.3. The summed E-state index contributed by atoms with van der Waals surface area (Å²) in [6, 6.07) is 10.2. The summed E-state index contributed by atoms with van der Waals surface area (Å²) in [5, 5.41) is 7.90. The third kappa shape index (κ3) is 7.43. The predicted molar refractivity (Wildman–Crippen MR) is 161 cm³/mol. The molecule has 1 aliphatic rings. The number of halogens is 2. The number of nitrogens with zero attached hydrogens (tertiary/aromatic N) is 4. The van der Waals surface area contributed by atoms with Crippen molar-refractivity contribution in [2.75, 3.05) is 47.9 Å². The SMILES string of the molecule is C=CC(=O)Nc1cc(Nc2cc(N3OCC[C@@H]3Cc3cccc(Cl)c3F)ncn2)c(OC)cc1N(C)CCC(C)N. The van der Waals surface area contributed by atoms with Gasteiger partial charge in [0, 0.05) is 31.8 Å². The van der Waals surface area contributed by atoms with Gasteiger partial charge in [0.1, 0.15) is 23.7 Å². The van der Waals surface area contributed by atoms with Crippen LogP contribution in [-0.2, 0) is 16.1 Å². The van der Waals surface area contributed by atoms with Crippen molar-refractivity contribution in [1.29, 1.82) is 0 Å². The molecule has 0 bridgehead atoms. The van der Waals surface area contributed by atoms with Gasteiger partial charge in [0.25, 0.3) is 0 Å². The molecule has 0 saturated carbocycles. The van der Waals surface area contributed by atoms with Crippen LogP contribution in [0.25, 0.3) is 0 Å². The Kier molecular flexibility index (Phi) is 9.98. The van der Waals surface area contributed by atoms with Crippen LogP contribution in [0.2, 0.25) is 5.02 Å². The third-order valence-corrected chi connectivity index (χ3v) is 7.03. The summed E-state index contributed by atoms with van der Waals surface area (Å²) in [6.45, 7) is 6.65. The van der Waals surface area contributed by atoms with E-state index >= 15 is 0 Å². The Hall–Kier alpha value is -3.93. The van der Waals surface area contributed by atoms with Gasteiger partial charge in [-0.2, -0.15) is 0 Å². The molecule has 4 rings (SSSR count). The number of carbonyl (C=O) groups is 1. The van der Waals surface area contributed by atoms with E-state index in [4.69, 9.17) is 26.9 Å². The Morgan fingerprint density at radius 3 is 2.90 bits per heavy atom. The summed E-state index contributed by atoms with van der Waals surface area (Å²) in [6.07, 6.45) is 4.48. The van der Waals surface area contributed by atoms with Crippen LogP contribution in [0.5, 0.6) is 5.75 Å². The van der Waals surface area contributed by atoms with Crippen LogP contribution in [0.4, 0.5) is 33.1 Å². The lowest BCUT2D eigenvalue weighted by molar-refractivity contribution is -0.111. The van der Waals surface area contributed by atoms with Gasteiger partial charge in [-0.1, -0.05) is 30.3 Å². The van der Waals surface area contributed by atoms with E-state index in [1.54, 1.807) is 36.4 Å². The molecule has 4 N–H and O–H groups in total. The summed E-state index contributed by atoms with van der Waals surface area (Å²) >= 11 is 5.98. The topological polar surface area (TPSA) is 118 Å². The van der Waals surface area contributed by atoms with Crippen LogP contribution in [0.3, 0.4) is 0 Å². The fraction of sp³-hybridized carbons (Fsp3) is 0.345. The molecule has 1 aliphatic heterocycles. The monoisotopic (exact) mass is 583 g/mol. The number of rotatable bonds is 12. The number of nitrogens with two attached hydrogens (primary N) is 1. The molecule has 218 valence electrons. The van der Waals surface area contributed by atoms with E-state index in [1.165, 1.54) is 18.5 Å². The zero-order valence-electron chi connectivity index (χ0n) is 23.4. The maximum absolute atomic E-state index is 14.6. The van der Waals surface area contributed by atoms with Crippen LogP contribution >= 0.6 is 11.6 Å². The highest BCUT2D eigenvalue weighted by Gasteiger charge is 2.29. The average molecular weight is 584 g/mol. The van der Waals surface area contributed by atoms with Crippen LogP contribution in [0, 0.1) is 5.82 Å². The number of hydrogen-bond donors (Lipinski definition) is 3. The molecule has 0 spiro atoms. The zero-order valence-corrected chi connectivity index (χ0v) is 24.1. The molecule has 1 amide bonds. The van der Waals surface area contributed by atoms with Gasteiger partial charge in [-0.25, -0.2) is 19.4 Å². The number of benzene rings is 2. The molecular weight excluding hydrogens is 549 g/mol. The smallest absolute Gasteiger partial charge is 0.247 e. The lowest BCUT2D eigenvalue weighted by atomic mass is 10.0. The number of anilines is 5. The molecule has 41 heavy (non-hydrogen) atoms. The second-order valence-electron chi connectivity index (χ2n) is 9.86. The predicted octanol–water partition coefficient (Wildman–Crippen LogP) is 5.07. The number of hydrogen-bond acceptors (Lipinski definition) is 9. The van der Waals surface area contributed by atoms with Crippen molar-refractivity contribution in [2.24, 2.45) is 5.73 Å². The fourth-order valence-corrected chi connectivity index (χ4v) is 4.73. The van der Waals surface area contributed by atoms with Crippen LogP contribution < -0.4 is 31.1 Å². The number of aromatic nitrogens is 2. The van der Waals surface area contributed by atoms with Crippen molar-refractivity contribution in [3.8, 4) is 5.75 Å². The molecule has 2 atom stereocenters. The maximum Gasteiger partial charge on any atom is 0.247 e. The number of nitrogens with one attached hydrogen (secondary N) is 2. The highest BCUT2D eigenvalue weighted by atomic mass is 35.5. The number of hydroxylamine groups is 1. The van der Waals surface area contributed by atoms with E-state index in [2.05, 4.69) is 27.2 Å². The first-order valence-corrected chi connectivity index (χ1v) is 13.6. The van der Waals surface area contributed by atoms with Gasteiger partial charge < -0.3 is 26.0 Å². The van der Waals surface area contributed by atoms with Crippen LogP contribution in [0.15, 0.2) is 55.4 Å². The quantitative estimate of drug-likeness (QED) is 0.251. The zero-order chi connectivity index (χ0) is 29.5. The molecule has 2 aromatic carbocycles. The Balaban J connectivity index is 1.60. The summed E-state index contributed by atoms with van der Waals surface area (Å²) in [7, 11) is 3.49. The normalized spacial score (nSPS) is 15.4. The first kappa shape index (κ1) is 30.0. The minimum Gasteiger partial charge on any atom is -0.494 e. The minimum atomic E-state index is -0.427. The van der Waals surface area contributed by atoms with Gasteiger partial charge in [0.15, 0.2) is 5.82 Å². The summed E-state index contributed by atoms with van der Waals surface area (Å²) in [5.74, 6) is 0.746. The minimum absolute atomic E-state index is 0.0298. The van der Waals surface area contributed by atoms with Crippen molar-refractivity contribution in [3.05, 3.63) is 71.8 Å². The number of ether oxygens (including phenoxy) is 1. The van der Waals surface area contributed by atoms with Crippen LogP contribution in [-0.4, -0.2) is 55.3 Å². The molecule has 10 nitrogen and oxygen atoms in total. The highest BCUT2D eigenvalue weighted by molar-refractivity contribution is 6.30. The van der Waals surface area contributed by atoms with E-state index in [-0.39, 0.29) is 23.0 Å². The molecule has 0 radical (unpaired) electrons. The van der Waals surface area contributed by atoms with Gasteiger partial charge in [-0.3, -0.25) is 9.63 Å². The molecule has 1 aromatic heterocycles. The molecule has 12 heteroatoms. The summed E-state index contributed by atoms with van der Waals surface area (Å²) in [5.41, 5.74) is 8.35. The molecule has 2 heterocycles. The van der Waals surface area contributed by atoms with Gasteiger partial charge >= 0.3 is 0 Å². The van der Waals surface area contributed by atoms with Crippen molar-refractivity contribution < 1.29 is 18.8 Å². The van der Waals surface area contributed by atoms with Crippen molar-refractivity contribution in [3.63, 3.8) is 0 Å². The van der Waals surface area contributed by atoms with Gasteiger partial charge in [-0.15, -0.1) is 0 Å². The Labute approximate surface area is 244 Å². The molecule has 1 unspecified atom stereocenters. The van der Waals surface area contributed by atoms with Crippen LogP contribution in [0.1, 0.15) is 25.3 Å². The number of carbonyl (C=O) groups excluding carboxylic acids is 1. The van der Waals surface area contributed by atoms with Gasteiger partial charge in [-0.05, 0) is 50.0 Å². The summed E-state index contributed by atoms with van der Waals surface area (Å²) in [4.78, 5) is 28.9. The van der Waals surface area contributed by atoms with Crippen molar-refractivity contribution >= 4 is 46.2 Å². The number of methoxy groups -OCH3 is 1. The van der Waals surface area contributed by atoms with Crippen molar-refractivity contribution in [1.82, 2.24) is 9.97 Å². The lowest BCUT2D eigenvalue weighted by Crippen LogP contribution is -2.31. The maximum atomic E-state index is 14.6. The Morgan fingerprint density at radius 1 is 1.37 bits per heavy atom. The fourth-order valence-electron chi connectivity index (χ4n) is 4.53. The van der Waals surface area contributed by atoms with E-state index in [0.717, 1.165) is 12.1 Å². The molecule has 0 aliphatic carbocycles. The van der Waals surface area contributed by atoms with E-state index in [1.807, 2.05) is 24.9 Å². The van der Waals surface area contributed by atoms with E-state index in [0.29, 0.717) is 60.3 Å². The largest absolute Gasteiger partial charge is 0.494 e. The second-order valence-corrected chi connectivity index (χ2v) is 10.3. The van der Waals surface area contributed by atoms with Gasteiger partial charge in [0.2, 0.25) is 5.91 Å². The van der Waals surface area contributed by atoms with Crippen molar-refractivity contribution in [2.45, 2.75) is 38.3 Å². The van der Waals surface area contributed by atoms with Gasteiger partial charge in [0.05, 0.1) is 41.8 Å². The lowest BCUT2D eigenvalue weighted by Gasteiger charge is -2.26. The third-order valence-electron chi connectivity index (χ3n) is 6.73. The Morgan fingerprint density at radius 2 is 2.17 bits per heavy atom. The van der Waals surface area contributed by atoms with E-state index in [9.17, 15) is 9.18 Å². The number of amides is 1. The first-order chi connectivity index (χ1) is 19.7.